The van der Waals surface area contributed by atoms with E-state index in [0.29, 0.717) is 0 Å². The summed E-state index contributed by atoms with van der Waals surface area (Å²) in [5.74, 6) is -15.9. The Labute approximate surface area is 122 Å². The first-order valence-corrected chi connectivity index (χ1v) is 5.59. The molecule has 1 amide bonds. The third kappa shape index (κ3) is 4.49. The van der Waals surface area contributed by atoms with Gasteiger partial charge in [-0.05, 0) is 6.92 Å². The van der Waals surface area contributed by atoms with Crippen LogP contribution in [0.25, 0.3) is 0 Å². The Morgan fingerprint density at radius 1 is 0.773 bits per heavy atom. The molecule has 0 aromatic heterocycles. The highest BCUT2D eigenvalue weighted by atomic mass is 16.5. The summed E-state index contributed by atoms with van der Waals surface area (Å²) in [7, 11) is 0. The second kappa shape index (κ2) is 8.26. The molecular weight excluding hydrogens is 304 g/mol. The highest BCUT2D eigenvalue weighted by molar-refractivity contribution is 6.98. The van der Waals surface area contributed by atoms with Crippen molar-refractivity contribution in [2.75, 3.05) is 13.3 Å². The van der Waals surface area contributed by atoms with Crippen LogP contribution in [0.5, 0.6) is 0 Å². The number of carbonyl (C=O) groups excluding carboxylic acids is 8. The fourth-order valence-corrected chi connectivity index (χ4v) is 0.978. The minimum absolute atomic E-state index is 0.281. The molecule has 11 heteroatoms. The summed E-state index contributed by atoms with van der Waals surface area (Å²) in [4.78, 5) is 89.1. The van der Waals surface area contributed by atoms with Crippen LogP contribution >= 0.6 is 0 Å². The first kappa shape index (κ1) is 18.9. The predicted molar refractivity (Wildman–Crippen MR) is 63.9 cm³/mol. The molecule has 0 unspecified atom stereocenters. The maximum Gasteiger partial charge on any atom is 0.383 e. The lowest BCUT2D eigenvalue weighted by Crippen LogP contribution is -2.45. The average molecular weight is 314 g/mol. The molecule has 0 saturated heterocycles. The average Bonchev–Trinajstić information content (AvgIpc) is 2.50. The van der Waals surface area contributed by atoms with Gasteiger partial charge in [0.15, 0.2) is 0 Å². The molecule has 0 spiro atoms. The van der Waals surface area contributed by atoms with Gasteiger partial charge in [-0.1, -0.05) is 0 Å². The fourth-order valence-electron chi connectivity index (χ4n) is 0.978. The third-order valence-corrected chi connectivity index (χ3v) is 1.96. The van der Waals surface area contributed by atoms with Crippen molar-refractivity contribution in [1.29, 1.82) is 0 Å². The molecule has 0 bridgehead atoms. The second-order valence-electron chi connectivity index (χ2n) is 3.41. The zero-order valence-corrected chi connectivity index (χ0v) is 11.2. The maximum absolute atomic E-state index is 11.3. The van der Waals surface area contributed by atoms with E-state index in [1.165, 1.54) is 6.92 Å². The molecule has 0 heterocycles. The Kier molecular flexibility index (Phi) is 7.10. The number of Topliss-reactive ketones (excluding diaryl/α,β-unsaturated/α-hetero) is 6. The summed E-state index contributed by atoms with van der Waals surface area (Å²) in [6.07, 6.45) is 0. The number of carbonyl (C=O) groups is 8. The Balaban J connectivity index is 5.03. The number of hydrogen-bond acceptors (Lipinski definition) is 10. The van der Waals surface area contributed by atoms with E-state index in [2.05, 4.69) is 4.74 Å². The number of hydrogen-bond donors (Lipinski definition) is 2. The van der Waals surface area contributed by atoms with Gasteiger partial charge in [0.2, 0.25) is 0 Å². The van der Waals surface area contributed by atoms with Crippen LogP contribution in [0.4, 0.5) is 0 Å². The number of nitrogens with two attached hydrogens (primary N) is 1. The molecule has 3 N–H and O–H groups in total. The van der Waals surface area contributed by atoms with Gasteiger partial charge >= 0.3 is 11.8 Å². The summed E-state index contributed by atoms with van der Waals surface area (Å²) < 4.78 is 4.13. The Morgan fingerprint density at radius 3 is 1.59 bits per heavy atom. The SMILES string of the molecule is CCOC(=O)C(=O)C(=O)C(=O)C(=O)C(=O)C(=O)C(=O)NCN. The number of nitrogens with one attached hydrogen (secondary N) is 1. The molecule has 11 nitrogen and oxygen atoms in total. The molecule has 0 aliphatic carbocycles. The van der Waals surface area contributed by atoms with Crippen molar-refractivity contribution in [3.05, 3.63) is 0 Å². The van der Waals surface area contributed by atoms with Crippen LogP contribution in [0.2, 0.25) is 0 Å². The van der Waals surface area contributed by atoms with E-state index < -0.39 is 53.2 Å². The Hall–Kier alpha value is -3.08. The molecule has 0 atom stereocenters. The molecule has 0 aliphatic rings. The summed E-state index contributed by atoms with van der Waals surface area (Å²) >= 11 is 0. The molecule has 0 fully saturated rings. The van der Waals surface area contributed by atoms with Crippen LogP contribution in [-0.4, -0.2) is 59.9 Å². The molecule has 0 saturated carbocycles. The molecule has 118 valence electrons. The van der Waals surface area contributed by atoms with Crippen molar-refractivity contribution < 1.29 is 43.1 Å². The molecule has 0 aliphatic heterocycles. The molecule has 0 radical (unpaired) electrons. The molecular formula is C11H10N2O9. The zero-order chi connectivity index (χ0) is 17.4. The highest BCUT2D eigenvalue weighted by Gasteiger charge is 2.40. The van der Waals surface area contributed by atoms with Crippen LogP contribution in [-0.2, 0) is 43.1 Å². The monoisotopic (exact) mass is 314 g/mol. The van der Waals surface area contributed by atoms with E-state index in [1.54, 1.807) is 5.32 Å². The van der Waals surface area contributed by atoms with Crippen LogP contribution in [0.15, 0.2) is 0 Å². The van der Waals surface area contributed by atoms with Gasteiger partial charge in [0.25, 0.3) is 34.8 Å². The lowest BCUT2D eigenvalue weighted by Gasteiger charge is -2.00. The van der Waals surface area contributed by atoms with E-state index in [1.807, 2.05) is 0 Å². The van der Waals surface area contributed by atoms with E-state index >= 15 is 0 Å². The number of rotatable bonds is 9. The van der Waals surface area contributed by atoms with Gasteiger partial charge in [-0.3, -0.25) is 33.6 Å². The van der Waals surface area contributed by atoms with Crippen LogP contribution in [0, 0.1) is 0 Å². The minimum atomic E-state index is -2.23. The highest BCUT2D eigenvalue weighted by Crippen LogP contribution is 1.91. The molecule has 0 rings (SSSR count). The third-order valence-electron chi connectivity index (χ3n) is 1.96. The van der Waals surface area contributed by atoms with Crippen LogP contribution in [0.1, 0.15) is 6.92 Å². The van der Waals surface area contributed by atoms with Crippen molar-refractivity contribution >= 4 is 46.6 Å². The topological polar surface area (TPSA) is 184 Å². The lowest BCUT2D eigenvalue weighted by molar-refractivity contribution is -0.159. The van der Waals surface area contributed by atoms with Crippen molar-refractivity contribution in [3.63, 3.8) is 0 Å². The van der Waals surface area contributed by atoms with E-state index in [9.17, 15) is 38.4 Å². The van der Waals surface area contributed by atoms with E-state index in [4.69, 9.17) is 5.73 Å². The molecule has 0 aromatic carbocycles. The maximum atomic E-state index is 11.3. The number of ketones is 6. The normalized spacial score (nSPS) is 9.36. The van der Waals surface area contributed by atoms with E-state index in [-0.39, 0.29) is 6.61 Å². The first-order chi connectivity index (χ1) is 10.2. The van der Waals surface area contributed by atoms with Crippen molar-refractivity contribution in [3.8, 4) is 0 Å². The quantitative estimate of drug-likeness (QED) is 0.184. The van der Waals surface area contributed by atoms with Crippen molar-refractivity contribution in [2.24, 2.45) is 5.73 Å². The van der Waals surface area contributed by atoms with Gasteiger partial charge in [-0.15, -0.1) is 0 Å². The predicted octanol–water partition coefficient (Wildman–Crippen LogP) is -4.00. The van der Waals surface area contributed by atoms with Crippen molar-refractivity contribution in [1.82, 2.24) is 5.32 Å². The Bertz CT molecular complexity index is 538. The fraction of sp³-hybridized carbons (Fsp3) is 0.273. The standard InChI is InChI=1S/C11H10N2O9/c1-2-22-11(21)9(19)7(17)5(15)4(14)6(16)8(18)10(20)13-3-12/h2-3,12H2,1H3,(H,13,20). The number of amides is 1. The first-order valence-electron chi connectivity index (χ1n) is 5.59. The van der Waals surface area contributed by atoms with Crippen molar-refractivity contribution in [2.45, 2.75) is 6.92 Å². The number of esters is 1. The van der Waals surface area contributed by atoms with Crippen LogP contribution in [0.3, 0.4) is 0 Å². The van der Waals surface area contributed by atoms with Crippen LogP contribution < -0.4 is 11.1 Å². The summed E-state index contributed by atoms with van der Waals surface area (Å²) in [5, 5.41) is 1.69. The van der Waals surface area contributed by atoms with Gasteiger partial charge in [0.1, 0.15) is 0 Å². The lowest BCUT2D eigenvalue weighted by atomic mass is 10.0. The van der Waals surface area contributed by atoms with Gasteiger partial charge in [-0.2, -0.15) is 0 Å². The van der Waals surface area contributed by atoms with Gasteiger partial charge in [0.05, 0.1) is 13.3 Å². The molecule has 22 heavy (non-hydrogen) atoms. The molecule has 0 aromatic rings. The minimum Gasteiger partial charge on any atom is -0.460 e. The van der Waals surface area contributed by atoms with Gasteiger partial charge < -0.3 is 15.8 Å². The second-order valence-corrected chi connectivity index (χ2v) is 3.41. The number of ether oxygens (including phenoxy) is 1. The van der Waals surface area contributed by atoms with E-state index in [0.717, 1.165) is 0 Å². The zero-order valence-electron chi connectivity index (χ0n) is 11.2. The summed E-state index contributed by atoms with van der Waals surface area (Å²) in [6, 6.07) is 0. The summed E-state index contributed by atoms with van der Waals surface area (Å²) in [5.41, 5.74) is 4.86. The summed E-state index contributed by atoms with van der Waals surface area (Å²) in [6.45, 7) is 0.498. The Morgan fingerprint density at radius 2 is 1.18 bits per heavy atom. The smallest absolute Gasteiger partial charge is 0.383 e. The van der Waals surface area contributed by atoms with Gasteiger partial charge in [-0.25, -0.2) is 4.79 Å². The van der Waals surface area contributed by atoms with Gasteiger partial charge in [0, 0.05) is 0 Å². The largest absolute Gasteiger partial charge is 0.460 e.